The normalized spacial score (nSPS) is 18.5. The Morgan fingerprint density at radius 1 is 1.11 bits per heavy atom. The smallest absolute Gasteiger partial charge is 0.254 e. The molecule has 0 radical (unpaired) electrons. The predicted molar refractivity (Wildman–Crippen MR) is 63.1 cm³/mol. The zero-order valence-corrected chi connectivity index (χ0v) is 10.3. The highest BCUT2D eigenvalue weighted by molar-refractivity contribution is 5.94. The minimum absolute atomic E-state index is 0.107. The van der Waals surface area contributed by atoms with Crippen LogP contribution >= 0.6 is 0 Å². The minimum Gasteiger partial charge on any atom is -0.335 e. The van der Waals surface area contributed by atoms with E-state index in [1.165, 1.54) is 0 Å². The Labute approximate surface area is 109 Å². The number of benzene rings is 1. The molecule has 2 nitrogen and oxygen atoms in total. The van der Waals surface area contributed by atoms with Gasteiger partial charge < -0.3 is 4.90 Å². The quantitative estimate of drug-likeness (QED) is 0.769. The Balaban J connectivity index is 1.84. The third-order valence-corrected chi connectivity index (χ3v) is 3.63. The molecule has 1 amide bonds. The van der Waals surface area contributed by atoms with E-state index in [1.54, 1.807) is 4.90 Å². The van der Waals surface area contributed by atoms with E-state index in [-0.39, 0.29) is 11.6 Å². The lowest BCUT2D eigenvalue weighted by Crippen LogP contribution is -2.35. The van der Waals surface area contributed by atoms with Crippen molar-refractivity contribution in [2.45, 2.75) is 31.7 Å². The SMILES string of the molecule is O=C(c1cc(F)c(F)c(F)c1)N(CC1CC1)C1CC1. The van der Waals surface area contributed by atoms with E-state index in [4.69, 9.17) is 0 Å². The van der Waals surface area contributed by atoms with E-state index in [1.807, 2.05) is 0 Å². The molecule has 0 saturated heterocycles. The first kappa shape index (κ1) is 12.5. The van der Waals surface area contributed by atoms with Crippen molar-refractivity contribution in [3.05, 3.63) is 35.1 Å². The van der Waals surface area contributed by atoms with Crippen molar-refractivity contribution < 1.29 is 18.0 Å². The molecule has 3 rings (SSSR count). The first-order valence-electron chi connectivity index (χ1n) is 6.52. The molecule has 2 aliphatic rings. The van der Waals surface area contributed by atoms with Gasteiger partial charge in [-0.25, -0.2) is 13.2 Å². The Morgan fingerprint density at radius 3 is 2.16 bits per heavy atom. The van der Waals surface area contributed by atoms with Crippen LogP contribution in [-0.4, -0.2) is 23.4 Å². The standard InChI is InChI=1S/C14H14F3NO/c15-11-5-9(6-12(16)13(11)17)14(19)18(10-3-4-10)7-8-1-2-8/h5-6,8,10H,1-4,7H2. The van der Waals surface area contributed by atoms with E-state index in [0.29, 0.717) is 12.5 Å². The van der Waals surface area contributed by atoms with Crippen LogP contribution in [-0.2, 0) is 0 Å². The van der Waals surface area contributed by atoms with E-state index in [9.17, 15) is 18.0 Å². The molecular formula is C14H14F3NO. The first-order chi connectivity index (χ1) is 9.06. The number of halogens is 3. The van der Waals surface area contributed by atoms with Crippen molar-refractivity contribution in [2.24, 2.45) is 5.92 Å². The number of hydrogen-bond donors (Lipinski definition) is 0. The number of nitrogens with zero attached hydrogens (tertiary/aromatic N) is 1. The maximum absolute atomic E-state index is 13.2. The summed E-state index contributed by atoms with van der Waals surface area (Å²) in [5.41, 5.74) is -0.107. The van der Waals surface area contributed by atoms with E-state index >= 15 is 0 Å². The van der Waals surface area contributed by atoms with Gasteiger partial charge in [0.15, 0.2) is 17.5 Å². The molecular weight excluding hydrogens is 255 g/mol. The molecule has 1 aromatic rings. The van der Waals surface area contributed by atoms with Gasteiger partial charge in [0.25, 0.3) is 5.91 Å². The molecule has 0 bridgehead atoms. The van der Waals surface area contributed by atoms with Crippen molar-refractivity contribution in [2.75, 3.05) is 6.54 Å². The maximum atomic E-state index is 13.2. The molecule has 0 atom stereocenters. The van der Waals surface area contributed by atoms with Crippen LogP contribution in [0.15, 0.2) is 12.1 Å². The molecule has 2 fully saturated rings. The third-order valence-electron chi connectivity index (χ3n) is 3.63. The van der Waals surface area contributed by atoms with Crippen LogP contribution in [0.5, 0.6) is 0 Å². The van der Waals surface area contributed by atoms with Gasteiger partial charge in [0.05, 0.1) is 0 Å². The molecule has 0 N–H and O–H groups in total. The zero-order chi connectivity index (χ0) is 13.6. The summed E-state index contributed by atoms with van der Waals surface area (Å²) in [6, 6.07) is 1.75. The maximum Gasteiger partial charge on any atom is 0.254 e. The third kappa shape index (κ3) is 2.60. The molecule has 0 aliphatic heterocycles. The average molecular weight is 269 g/mol. The van der Waals surface area contributed by atoms with Crippen LogP contribution in [0.3, 0.4) is 0 Å². The molecule has 1 aromatic carbocycles. The molecule has 0 heterocycles. The monoisotopic (exact) mass is 269 g/mol. The first-order valence-corrected chi connectivity index (χ1v) is 6.52. The molecule has 0 spiro atoms. The van der Waals surface area contributed by atoms with E-state index in [0.717, 1.165) is 37.8 Å². The lowest BCUT2D eigenvalue weighted by Gasteiger charge is -2.22. The van der Waals surface area contributed by atoms with E-state index in [2.05, 4.69) is 0 Å². The van der Waals surface area contributed by atoms with Crippen molar-refractivity contribution in [1.82, 2.24) is 4.90 Å². The number of carbonyl (C=O) groups is 1. The van der Waals surface area contributed by atoms with Crippen LogP contribution in [0.4, 0.5) is 13.2 Å². The number of carbonyl (C=O) groups excluding carboxylic acids is 1. The summed E-state index contributed by atoms with van der Waals surface area (Å²) >= 11 is 0. The lowest BCUT2D eigenvalue weighted by atomic mass is 10.1. The van der Waals surface area contributed by atoms with Gasteiger partial charge in [-0.3, -0.25) is 4.79 Å². The second-order valence-electron chi connectivity index (χ2n) is 5.39. The van der Waals surface area contributed by atoms with Gasteiger partial charge in [0.1, 0.15) is 0 Å². The summed E-state index contributed by atoms with van der Waals surface area (Å²) in [4.78, 5) is 14.0. The van der Waals surface area contributed by atoms with Crippen LogP contribution < -0.4 is 0 Å². The largest absolute Gasteiger partial charge is 0.335 e. The number of amides is 1. The highest BCUT2D eigenvalue weighted by atomic mass is 19.2. The summed E-state index contributed by atoms with van der Waals surface area (Å²) in [6.45, 7) is 0.643. The van der Waals surface area contributed by atoms with Crippen molar-refractivity contribution in [1.29, 1.82) is 0 Å². The number of hydrogen-bond acceptors (Lipinski definition) is 1. The fraction of sp³-hybridized carbons (Fsp3) is 0.500. The Bertz CT molecular complexity index is 500. The van der Waals surface area contributed by atoms with Crippen LogP contribution in [0, 0.1) is 23.4 Å². The molecule has 0 aromatic heterocycles. The van der Waals surface area contributed by atoms with Crippen LogP contribution in [0.25, 0.3) is 0 Å². The highest BCUT2D eigenvalue weighted by Crippen LogP contribution is 2.35. The van der Waals surface area contributed by atoms with Gasteiger partial charge in [0, 0.05) is 18.2 Å². The fourth-order valence-corrected chi connectivity index (χ4v) is 2.21. The summed E-state index contributed by atoms with van der Waals surface area (Å²) in [5, 5.41) is 0. The summed E-state index contributed by atoms with van der Waals surface area (Å²) in [7, 11) is 0. The minimum atomic E-state index is -1.53. The van der Waals surface area contributed by atoms with Crippen LogP contribution in [0.1, 0.15) is 36.0 Å². The summed E-state index contributed by atoms with van der Waals surface area (Å²) in [6.07, 6.45) is 4.07. The molecule has 5 heteroatoms. The Kier molecular flexibility index (Phi) is 2.99. The van der Waals surface area contributed by atoms with Gasteiger partial charge >= 0.3 is 0 Å². The van der Waals surface area contributed by atoms with Crippen molar-refractivity contribution >= 4 is 5.91 Å². The van der Waals surface area contributed by atoms with Gasteiger partial charge in [-0.1, -0.05) is 0 Å². The second kappa shape index (κ2) is 4.54. The second-order valence-corrected chi connectivity index (χ2v) is 5.39. The predicted octanol–water partition coefficient (Wildman–Crippen LogP) is 3.12. The zero-order valence-electron chi connectivity index (χ0n) is 10.3. The lowest BCUT2D eigenvalue weighted by molar-refractivity contribution is 0.0733. The van der Waals surface area contributed by atoms with Gasteiger partial charge in [-0.05, 0) is 43.7 Å². The molecule has 2 saturated carbocycles. The molecule has 19 heavy (non-hydrogen) atoms. The van der Waals surface area contributed by atoms with Gasteiger partial charge in [-0.2, -0.15) is 0 Å². The van der Waals surface area contributed by atoms with Gasteiger partial charge in [-0.15, -0.1) is 0 Å². The Hall–Kier alpha value is -1.52. The number of rotatable bonds is 4. The van der Waals surface area contributed by atoms with Gasteiger partial charge in [0.2, 0.25) is 0 Å². The topological polar surface area (TPSA) is 20.3 Å². The molecule has 0 unspecified atom stereocenters. The molecule has 102 valence electrons. The van der Waals surface area contributed by atoms with E-state index < -0.39 is 23.4 Å². The fourth-order valence-electron chi connectivity index (χ4n) is 2.21. The summed E-state index contributed by atoms with van der Waals surface area (Å²) in [5.74, 6) is -4.04. The highest BCUT2D eigenvalue weighted by Gasteiger charge is 2.37. The average Bonchev–Trinajstić information content (AvgIpc) is 3.24. The van der Waals surface area contributed by atoms with Crippen molar-refractivity contribution in [3.63, 3.8) is 0 Å². The summed E-state index contributed by atoms with van der Waals surface area (Å²) < 4.78 is 39.2. The van der Waals surface area contributed by atoms with Crippen LogP contribution in [0.2, 0.25) is 0 Å². The molecule has 2 aliphatic carbocycles. The van der Waals surface area contributed by atoms with Crippen molar-refractivity contribution in [3.8, 4) is 0 Å². The Morgan fingerprint density at radius 2 is 1.68 bits per heavy atom.